The van der Waals surface area contributed by atoms with Gasteiger partial charge in [-0.2, -0.15) is 5.10 Å². The van der Waals surface area contributed by atoms with Crippen molar-refractivity contribution in [3.8, 4) is 5.69 Å². The number of hydrogen-bond donors (Lipinski definition) is 1. The van der Waals surface area contributed by atoms with E-state index in [-0.39, 0.29) is 24.8 Å². The Bertz CT molecular complexity index is 1040. The molecule has 0 saturated carbocycles. The third kappa shape index (κ3) is 4.25. The summed E-state index contributed by atoms with van der Waals surface area (Å²) in [4.78, 5) is 24.7. The van der Waals surface area contributed by atoms with Crippen LogP contribution in [0.15, 0.2) is 47.3 Å². The van der Waals surface area contributed by atoms with E-state index < -0.39 is 5.69 Å². The predicted octanol–water partition coefficient (Wildman–Crippen LogP) is 2.76. The number of carbonyl (C=O) groups excluding carboxylic acids is 1. The average Bonchev–Trinajstić information content (AvgIpc) is 2.90. The van der Waals surface area contributed by atoms with Gasteiger partial charge in [-0.25, -0.2) is 18.4 Å². The van der Waals surface area contributed by atoms with Crippen LogP contribution in [0.25, 0.3) is 5.69 Å². The summed E-state index contributed by atoms with van der Waals surface area (Å²) in [6.07, 6.45) is 0. The predicted molar refractivity (Wildman–Crippen MR) is 101 cm³/mol. The lowest BCUT2D eigenvalue weighted by Gasteiger charge is -2.06. The number of nitrogens with zero attached hydrogens (tertiary/aromatic N) is 3. The first-order valence-electron chi connectivity index (χ1n) is 8.29. The third-order valence-corrected chi connectivity index (χ3v) is 4.36. The van der Waals surface area contributed by atoms with E-state index in [1.807, 2.05) is 0 Å². The highest BCUT2D eigenvalue weighted by Crippen LogP contribution is 2.13. The van der Waals surface area contributed by atoms with Crippen molar-refractivity contribution in [3.05, 3.63) is 80.7 Å². The topological polar surface area (TPSA) is 68.9 Å². The smallest absolute Gasteiger partial charge is 0.350 e. The number of aryl methyl sites for hydroxylation is 2. The number of rotatable bonds is 5. The van der Waals surface area contributed by atoms with Crippen LogP contribution in [-0.2, 0) is 17.9 Å². The van der Waals surface area contributed by atoms with Gasteiger partial charge < -0.3 is 5.32 Å². The lowest BCUT2D eigenvalue weighted by atomic mass is 10.1. The van der Waals surface area contributed by atoms with Gasteiger partial charge in [-0.1, -0.05) is 23.7 Å². The molecule has 1 aromatic heterocycles. The highest BCUT2D eigenvalue weighted by molar-refractivity contribution is 6.30. The fourth-order valence-corrected chi connectivity index (χ4v) is 2.77. The Labute approximate surface area is 160 Å². The Hall–Kier alpha value is -2.93. The molecule has 0 unspecified atom stereocenters. The zero-order chi connectivity index (χ0) is 19.6. The van der Waals surface area contributed by atoms with Crippen molar-refractivity contribution in [1.82, 2.24) is 19.7 Å². The third-order valence-electron chi connectivity index (χ3n) is 4.11. The maximum absolute atomic E-state index is 13.6. The van der Waals surface area contributed by atoms with Crippen molar-refractivity contribution in [2.45, 2.75) is 26.9 Å². The number of carbonyl (C=O) groups is 1. The summed E-state index contributed by atoms with van der Waals surface area (Å²) in [5.74, 6) is -0.259. The van der Waals surface area contributed by atoms with Gasteiger partial charge in [0.2, 0.25) is 5.91 Å². The fourth-order valence-electron chi connectivity index (χ4n) is 2.65. The molecular formula is C19H18ClFN4O2. The van der Waals surface area contributed by atoms with Crippen molar-refractivity contribution < 1.29 is 9.18 Å². The second-order valence-corrected chi connectivity index (χ2v) is 6.60. The van der Waals surface area contributed by atoms with E-state index in [0.717, 1.165) is 4.68 Å². The summed E-state index contributed by atoms with van der Waals surface area (Å²) in [6.45, 7) is 3.29. The Morgan fingerprint density at radius 1 is 1.19 bits per heavy atom. The molecule has 3 rings (SSSR count). The molecule has 1 N–H and O–H groups in total. The quantitative estimate of drug-likeness (QED) is 0.730. The minimum Gasteiger partial charge on any atom is -0.350 e. The van der Waals surface area contributed by atoms with Gasteiger partial charge in [0.1, 0.15) is 18.2 Å². The van der Waals surface area contributed by atoms with Gasteiger partial charge in [0.15, 0.2) is 0 Å². The molecule has 8 heteroatoms. The number of nitrogens with one attached hydrogen (secondary N) is 1. The Morgan fingerprint density at radius 2 is 1.89 bits per heavy atom. The molecule has 6 nitrogen and oxygen atoms in total. The summed E-state index contributed by atoms with van der Waals surface area (Å²) < 4.78 is 16.1. The average molecular weight is 389 g/mol. The van der Waals surface area contributed by atoms with Crippen molar-refractivity contribution in [2.24, 2.45) is 0 Å². The van der Waals surface area contributed by atoms with Crippen LogP contribution in [0.4, 0.5) is 4.39 Å². The number of amides is 1. The first kappa shape index (κ1) is 18.8. The first-order chi connectivity index (χ1) is 12.8. The Balaban J connectivity index is 1.71. The van der Waals surface area contributed by atoms with Gasteiger partial charge in [0.05, 0.1) is 5.69 Å². The van der Waals surface area contributed by atoms with Gasteiger partial charge >= 0.3 is 5.69 Å². The normalized spacial score (nSPS) is 10.8. The van der Waals surface area contributed by atoms with Crippen LogP contribution >= 0.6 is 11.6 Å². The maximum atomic E-state index is 13.6. The molecule has 0 spiro atoms. The van der Waals surface area contributed by atoms with E-state index in [2.05, 4.69) is 10.4 Å². The van der Waals surface area contributed by atoms with E-state index >= 15 is 0 Å². The lowest BCUT2D eigenvalue weighted by Crippen LogP contribution is -2.33. The Morgan fingerprint density at radius 3 is 2.56 bits per heavy atom. The molecule has 27 heavy (non-hydrogen) atoms. The van der Waals surface area contributed by atoms with Crippen molar-refractivity contribution in [2.75, 3.05) is 0 Å². The maximum Gasteiger partial charge on any atom is 0.351 e. The second kappa shape index (κ2) is 7.75. The summed E-state index contributed by atoms with van der Waals surface area (Å²) >= 11 is 5.87. The molecule has 0 aliphatic rings. The molecule has 0 fully saturated rings. The number of halogens is 2. The summed E-state index contributed by atoms with van der Waals surface area (Å²) in [5, 5.41) is 7.37. The molecule has 3 aromatic rings. The monoisotopic (exact) mass is 388 g/mol. The molecule has 2 aromatic carbocycles. The van der Waals surface area contributed by atoms with Crippen molar-refractivity contribution in [1.29, 1.82) is 0 Å². The molecule has 0 radical (unpaired) electrons. The van der Waals surface area contributed by atoms with Gasteiger partial charge in [-0.15, -0.1) is 0 Å². The molecule has 0 aliphatic heterocycles. The van der Waals surface area contributed by atoms with Crippen LogP contribution in [-0.4, -0.2) is 20.3 Å². The standard InChI is InChI=1S/C19H18ClFN4O2/c1-12-3-4-14(9-17(12)21)10-22-18(26)11-24-19(27)25(13(2)23-24)16-7-5-15(20)6-8-16/h3-9H,10-11H2,1-2H3,(H,22,26). The van der Waals surface area contributed by atoms with Crippen LogP contribution in [0.2, 0.25) is 5.02 Å². The highest BCUT2D eigenvalue weighted by Gasteiger charge is 2.14. The number of aromatic nitrogens is 3. The molecule has 0 saturated heterocycles. The fraction of sp³-hybridized carbons (Fsp3) is 0.211. The van der Waals surface area contributed by atoms with E-state index in [1.165, 1.54) is 10.6 Å². The minimum absolute atomic E-state index is 0.168. The molecule has 0 aliphatic carbocycles. The Kier molecular flexibility index (Phi) is 5.41. The van der Waals surface area contributed by atoms with E-state index in [1.54, 1.807) is 50.2 Å². The van der Waals surface area contributed by atoms with E-state index in [9.17, 15) is 14.0 Å². The van der Waals surface area contributed by atoms with Gasteiger partial charge in [0, 0.05) is 11.6 Å². The van der Waals surface area contributed by atoms with Crippen LogP contribution in [0.5, 0.6) is 0 Å². The van der Waals surface area contributed by atoms with Crippen molar-refractivity contribution in [3.63, 3.8) is 0 Å². The van der Waals surface area contributed by atoms with Gasteiger partial charge in [-0.3, -0.25) is 4.79 Å². The van der Waals surface area contributed by atoms with Gasteiger partial charge in [-0.05, 0) is 55.3 Å². The molecule has 1 amide bonds. The number of benzene rings is 2. The van der Waals surface area contributed by atoms with Crippen LogP contribution in [0, 0.1) is 19.7 Å². The summed E-state index contributed by atoms with van der Waals surface area (Å²) in [5.41, 5.74) is 1.37. The molecule has 140 valence electrons. The zero-order valence-corrected chi connectivity index (χ0v) is 15.6. The van der Waals surface area contributed by atoms with Gasteiger partial charge in [0.25, 0.3) is 0 Å². The van der Waals surface area contributed by atoms with E-state index in [0.29, 0.717) is 27.7 Å². The zero-order valence-electron chi connectivity index (χ0n) is 14.9. The molecule has 0 atom stereocenters. The molecule has 1 heterocycles. The second-order valence-electron chi connectivity index (χ2n) is 6.16. The highest BCUT2D eigenvalue weighted by atomic mass is 35.5. The van der Waals surface area contributed by atoms with Crippen LogP contribution in [0.3, 0.4) is 0 Å². The summed E-state index contributed by atoms with van der Waals surface area (Å²) in [7, 11) is 0. The molecular weight excluding hydrogens is 371 g/mol. The SMILES string of the molecule is Cc1ccc(CNC(=O)Cn2nc(C)n(-c3ccc(Cl)cc3)c2=O)cc1F. The first-order valence-corrected chi connectivity index (χ1v) is 8.67. The summed E-state index contributed by atoms with van der Waals surface area (Å²) in [6, 6.07) is 11.5. The molecule has 0 bridgehead atoms. The lowest BCUT2D eigenvalue weighted by molar-refractivity contribution is -0.122. The van der Waals surface area contributed by atoms with Crippen LogP contribution in [0.1, 0.15) is 17.0 Å². The van der Waals surface area contributed by atoms with E-state index in [4.69, 9.17) is 11.6 Å². The largest absolute Gasteiger partial charge is 0.351 e. The van der Waals surface area contributed by atoms with Crippen molar-refractivity contribution >= 4 is 17.5 Å². The minimum atomic E-state index is -0.425. The van der Waals surface area contributed by atoms with Crippen LogP contribution < -0.4 is 11.0 Å². The number of hydrogen-bond acceptors (Lipinski definition) is 3.